The molecule has 0 aliphatic heterocycles. The molecule has 0 fully saturated rings. The Morgan fingerprint density at radius 2 is 1.46 bits per heavy atom. The first kappa shape index (κ1) is 29.2. The molecule has 0 heterocycles. The highest BCUT2D eigenvalue weighted by atomic mass is 32.2. The first-order valence-corrected chi connectivity index (χ1v) is 14.3. The number of hydrogen-bond donors (Lipinski definition) is 0. The molecule has 0 aromatic heterocycles. The summed E-state index contributed by atoms with van der Waals surface area (Å²) in [6, 6.07) is 14.3. The van der Waals surface area contributed by atoms with Gasteiger partial charge in [0, 0.05) is 18.2 Å². The van der Waals surface area contributed by atoms with Crippen LogP contribution >= 0.6 is 0 Å². The summed E-state index contributed by atoms with van der Waals surface area (Å²) in [4.78, 5) is 13.4. The van der Waals surface area contributed by atoms with Gasteiger partial charge in [0.1, 0.15) is 0 Å². The average molecular weight is 497 g/mol. The predicted molar refractivity (Wildman–Crippen MR) is 150 cm³/mol. The van der Waals surface area contributed by atoms with Crippen LogP contribution in [0.2, 0.25) is 0 Å². The van der Waals surface area contributed by atoms with Crippen LogP contribution in [-0.4, -0.2) is 22.9 Å². The summed E-state index contributed by atoms with van der Waals surface area (Å²) in [6.45, 7) is 18.2. The molecule has 0 aliphatic carbocycles. The fraction of sp³-hybridized carbons (Fsp3) is 0.516. The molecule has 192 valence electrons. The first-order chi connectivity index (χ1) is 16.4. The van der Waals surface area contributed by atoms with E-state index < -0.39 is 11.1 Å². The fourth-order valence-corrected chi connectivity index (χ4v) is 5.08. The van der Waals surface area contributed by atoms with Crippen molar-refractivity contribution in [2.45, 2.75) is 85.5 Å². The Bertz CT molecular complexity index is 1010. The quantitative estimate of drug-likeness (QED) is 0.219. The third kappa shape index (κ3) is 7.98. The molecule has 1 unspecified atom stereocenters. The predicted octanol–water partition coefficient (Wildman–Crippen LogP) is 8.31. The van der Waals surface area contributed by atoms with Crippen molar-refractivity contribution >= 4 is 16.9 Å². The number of allylic oxidation sites excluding steroid dienone is 1. The van der Waals surface area contributed by atoms with E-state index in [0.717, 1.165) is 11.1 Å². The van der Waals surface area contributed by atoms with E-state index in [4.69, 9.17) is 4.18 Å². The van der Waals surface area contributed by atoms with E-state index in [0.29, 0.717) is 24.2 Å². The maximum atomic E-state index is 13.4. The molecular weight excluding hydrogens is 452 g/mol. The van der Waals surface area contributed by atoms with Gasteiger partial charge in [-0.2, -0.15) is 0 Å². The van der Waals surface area contributed by atoms with Crippen LogP contribution in [0.1, 0.15) is 118 Å². The van der Waals surface area contributed by atoms with E-state index in [2.05, 4.69) is 67.5 Å². The molecule has 2 rings (SSSR count). The largest absolute Gasteiger partial charge is 0.294 e. The van der Waals surface area contributed by atoms with Crippen molar-refractivity contribution in [1.29, 1.82) is 0 Å². The molecule has 2 aromatic rings. The number of hydrogen-bond acceptors (Lipinski definition) is 3. The van der Waals surface area contributed by atoms with Crippen LogP contribution in [0.4, 0.5) is 0 Å². The summed E-state index contributed by atoms with van der Waals surface area (Å²) >= 11 is -1.32. The maximum absolute atomic E-state index is 13.4. The van der Waals surface area contributed by atoms with Gasteiger partial charge in [0.05, 0.1) is 6.61 Å². The second kappa shape index (κ2) is 13.3. The lowest BCUT2D eigenvalue weighted by Gasteiger charge is -2.32. The average Bonchev–Trinajstić information content (AvgIpc) is 2.81. The highest BCUT2D eigenvalue weighted by Crippen LogP contribution is 2.42. The Hall–Kier alpha value is -2.04. The first-order valence-electron chi connectivity index (χ1n) is 12.8. The molecule has 4 heteroatoms. The second-order valence-electron chi connectivity index (χ2n) is 10.6. The maximum Gasteiger partial charge on any atom is 0.163 e. The number of Topliss-reactive ketones (excluding diaryl/α,β-unsaturated/α-hetero) is 1. The number of ketones is 1. The minimum Gasteiger partial charge on any atom is -0.294 e. The van der Waals surface area contributed by atoms with Gasteiger partial charge in [0.25, 0.3) is 0 Å². The molecule has 0 spiro atoms. The van der Waals surface area contributed by atoms with Crippen LogP contribution in [0.25, 0.3) is 0 Å². The zero-order chi connectivity index (χ0) is 26.3. The lowest BCUT2D eigenvalue weighted by molar-refractivity contribution is 0.0962. The minimum absolute atomic E-state index is 0.0106. The van der Waals surface area contributed by atoms with Gasteiger partial charge >= 0.3 is 0 Å². The molecule has 0 radical (unpaired) electrons. The highest BCUT2D eigenvalue weighted by molar-refractivity contribution is 7.79. The van der Waals surface area contributed by atoms with Gasteiger partial charge in [-0.1, -0.05) is 103 Å². The second-order valence-corrected chi connectivity index (χ2v) is 11.6. The molecule has 3 atom stereocenters. The van der Waals surface area contributed by atoms with Crippen molar-refractivity contribution in [2.24, 2.45) is 5.92 Å². The van der Waals surface area contributed by atoms with Crippen LogP contribution in [0.3, 0.4) is 0 Å². The van der Waals surface area contributed by atoms with Crippen LogP contribution in [0, 0.1) is 5.92 Å². The number of carbonyl (C=O) groups is 1. The SMILES string of the molecule is C/C(=C\COS(C)=O)[C@@H](CC(=O)c1ccccc1)[C@H](C)c1c(C(C)C)cc(C(C)C)cc1C(C)C. The Balaban J connectivity index is 2.62. The van der Waals surface area contributed by atoms with Gasteiger partial charge in [-0.15, -0.1) is 0 Å². The molecule has 0 saturated carbocycles. The standard InChI is InChI=1S/C31H44O3S/c1-20(2)26-17-27(21(3)4)31(28(18-26)22(5)6)24(8)29(23(7)15-16-34-35(9)33)19-30(32)25-13-11-10-12-14-25/h10-15,17-18,20-22,24,29H,16,19H2,1-9H3/b23-15+/t24-,29+,35?/m0/s1. The molecule has 3 nitrogen and oxygen atoms in total. The highest BCUT2D eigenvalue weighted by Gasteiger charge is 2.29. The van der Waals surface area contributed by atoms with Crippen LogP contribution < -0.4 is 0 Å². The Labute approximate surface area is 216 Å². The third-order valence-electron chi connectivity index (χ3n) is 6.96. The van der Waals surface area contributed by atoms with E-state index in [9.17, 15) is 9.00 Å². The minimum atomic E-state index is -1.32. The van der Waals surface area contributed by atoms with Gasteiger partial charge in [0.15, 0.2) is 16.9 Å². The Kier molecular flexibility index (Phi) is 11.1. The van der Waals surface area contributed by atoms with Crippen molar-refractivity contribution in [3.63, 3.8) is 0 Å². The van der Waals surface area contributed by atoms with Crippen LogP contribution in [0.5, 0.6) is 0 Å². The monoisotopic (exact) mass is 496 g/mol. The van der Waals surface area contributed by atoms with Crippen LogP contribution in [-0.2, 0) is 15.3 Å². The third-order valence-corrected chi connectivity index (χ3v) is 7.43. The normalized spacial score (nSPS) is 15.0. The van der Waals surface area contributed by atoms with Gasteiger partial charge < -0.3 is 0 Å². The molecule has 0 amide bonds. The van der Waals surface area contributed by atoms with E-state index in [1.54, 1.807) is 0 Å². The molecule has 0 bridgehead atoms. The molecule has 0 saturated heterocycles. The van der Waals surface area contributed by atoms with Crippen molar-refractivity contribution in [3.8, 4) is 0 Å². The van der Waals surface area contributed by atoms with Crippen molar-refractivity contribution in [1.82, 2.24) is 0 Å². The van der Waals surface area contributed by atoms with Crippen molar-refractivity contribution < 1.29 is 13.2 Å². The summed E-state index contributed by atoms with van der Waals surface area (Å²) in [7, 11) is 0. The number of carbonyl (C=O) groups excluding carboxylic acids is 1. The Morgan fingerprint density at radius 3 is 1.91 bits per heavy atom. The van der Waals surface area contributed by atoms with Gasteiger partial charge in [-0.05, 0) is 58.8 Å². The number of benzene rings is 2. The molecule has 0 aliphatic rings. The molecule has 0 N–H and O–H groups in total. The topological polar surface area (TPSA) is 43.4 Å². The summed E-state index contributed by atoms with van der Waals surface area (Å²) in [6.07, 6.45) is 3.94. The summed E-state index contributed by atoms with van der Waals surface area (Å²) < 4.78 is 16.8. The molecule has 35 heavy (non-hydrogen) atoms. The van der Waals surface area contributed by atoms with Crippen molar-refractivity contribution in [2.75, 3.05) is 12.9 Å². The molecule has 2 aromatic carbocycles. The zero-order valence-electron chi connectivity index (χ0n) is 23.1. The van der Waals surface area contributed by atoms with Gasteiger partial charge in [-0.25, -0.2) is 4.21 Å². The van der Waals surface area contributed by atoms with Crippen LogP contribution in [0.15, 0.2) is 54.1 Å². The Morgan fingerprint density at radius 1 is 0.914 bits per heavy atom. The summed E-state index contributed by atoms with van der Waals surface area (Å²) in [5.74, 6) is 1.51. The lowest BCUT2D eigenvalue weighted by Crippen LogP contribution is -2.20. The zero-order valence-corrected chi connectivity index (χ0v) is 23.9. The smallest absolute Gasteiger partial charge is 0.163 e. The van der Waals surface area contributed by atoms with E-state index >= 15 is 0 Å². The van der Waals surface area contributed by atoms with E-state index in [-0.39, 0.29) is 24.2 Å². The summed E-state index contributed by atoms with van der Waals surface area (Å²) in [5, 5.41) is 0. The number of rotatable bonds is 12. The molecular formula is C31H44O3S. The van der Waals surface area contributed by atoms with Crippen molar-refractivity contribution in [3.05, 3.63) is 81.9 Å². The lowest BCUT2D eigenvalue weighted by atomic mass is 9.72. The van der Waals surface area contributed by atoms with Gasteiger partial charge in [-0.3, -0.25) is 8.98 Å². The fourth-order valence-electron chi connectivity index (χ4n) is 4.82. The van der Waals surface area contributed by atoms with E-state index in [1.165, 1.54) is 28.5 Å². The summed E-state index contributed by atoms with van der Waals surface area (Å²) in [5.41, 5.74) is 7.34. The van der Waals surface area contributed by atoms with Gasteiger partial charge in [0.2, 0.25) is 0 Å². The van der Waals surface area contributed by atoms with E-state index in [1.807, 2.05) is 36.4 Å².